The summed E-state index contributed by atoms with van der Waals surface area (Å²) in [5.41, 5.74) is 6.01. The van der Waals surface area contributed by atoms with E-state index in [0.717, 1.165) is 11.9 Å². The normalized spacial score (nSPS) is 32.8. The van der Waals surface area contributed by atoms with Crippen LogP contribution in [-0.4, -0.2) is 30.0 Å². The molecule has 0 aromatic heterocycles. The van der Waals surface area contributed by atoms with Crippen molar-refractivity contribution in [2.75, 3.05) is 7.05 Å². The highest BCUT2D eigenvalue weighted by atomic mass is 15.3. The second-order valence-corrected chi connectivity index (χ2v) is 5.25. The third-order valence-electron chi connectivity index (χ3n) is 3.68. The molecule has 86 valence electrons. The van der Waals surface area contributed by atoms with E-state index in [1.807, 2.05) is 0 Å². The van der Waals surface area contributed by atoms with Crippen molar-refractivity contribution in [3.63, 3.8) is 0 Å². The van der Waals surface area contributed by atoms with Crippen molar-refractivity contribution in [3.05, 3.63) is 0 Å². The maximum Gasteiger partial charge on any atom is 0.191 e. The van der Waals surface area contributed by atoms with Crippen molar-refractivity contribution in [2.45, 2.75) is 57.5 Å². The first kappa shape index (κ1) is 10.8. The number of nitrogens with zero attached hydrogens (tertiary/aromatic N) is 2. The number of hydrogen-bond donors (Lipinski definition) is 1. The maximum absolute atomic E-state index is 6.01. The quantitative estimate of drug-likeness (QED) is 0.558. The van der Waals surface area contributed by atoms with Gasteiger partial charge in [-0.2, -0.15) is 0 Å². The SMILES string of the molecule is CC1CCCC(N(C)C(N)=NC2CC2)C1. The lowest BCUT2D eigenvalue weighted by Crippen LogP contribution is -2.44. The number of rotatable bonds is 2. The van der Waals surface area contributed by atoms with Crippen molar-refractivity contribution >= 4 is 5.96 Å². The molecule has 0 saturated heterocycles. The topological polar surface area (TPSA) is 41.6 Å². The van der Waals surface area contributed by atoms with Gasteiger partial charge in [-0.15, -0.1) is 0 Å². The lowest BCUT2D eigenvalue weighted by Gasteiger charge is -2.34. The van der Waals surface area contributed by atoms with Crippen LogP contribution in [0.25, 0.3) is 0 Å². The van der Waals surface area contributed by atoms with Gasteiger partial charge in [-0.05, 0) is 31.6 Å². The summed E-state index contributed by atoms with van der Waals surface area (Å²) < 4.78 is 0. The Hall–Kier alpha value is -0.730. The van der Waals surface area contributed by atoms with Gasteiger partial charge in [0.1, 0.15) is 0 Å². The van der Waals surface area contributed by atoms with Gasteiger partial charge in [-0.25, -0.2) is 4.99 Å². The molecule has 2 saturated carbocycles. The van der Waals surface area contributed by atoms with Crippen LogP contribution in [0, 0.1) is 5.92 Å². The zero-order chi connectivity index (χ0) is 10.8. The fourth-order valence-corrected chi connectivity index (χ4v) is 2.42. The van der Waals surface area contributed by atoms with Crippen LogP contribution in [0.4, 0.5) is 0 Å². The van der Waals surface area contributed by atoms with Crippen LogP contribution < -0.4 is 5.73 Å². The molecule has 0 aromatic rings. The molecular formula is C12H23N3. The summed E-state index contributed by atoms with van der Waals surface area (Å²) in [6, 6.07) is 1.16. The number of nitrogens with two attached hydrogens (primary N) is 1. The highest BCUT2D eigenvalue weighted by Gasteiger charge is 2.26. The highest BCUT2D eigenvalue weighted by molar-refractivity contribution is 5.78. The second kappa shape index (κ2) is 4.42. The molecule has 2 aliphatic rings. The Morgan fingerprint density at radius 3 is 2.60 bits per heavy atom. The van der Waals surface area contributed by atoms with E-state index in [1.54, 1.807) is 0 Å². The van der Waals surface area contributed by atoms with E-state index in [4.69, 9.17) is 5.73 Å². The predicted octanol–water partition coefficient (Wildman–Crippen LogP) is 1.97. The molecule has 0 heterocycles. The molecular weight excluding hydrogens is 186 g/mol. The van der Waals surface area contributed by atoms with Crippen molar-refractivity contribution < 1.29 is 0 Å². The second-order valence-electron chi connectivity index (χ2n) is 5.25. The predicted molar refractivity (Wildman–Crippen MR) is 63.8 cm³/mol. The van der Waals surface area contributed by atoms with Crippen LogP contribution in [0.2, 0.25) is 0 Å². The molecule has 0 bridgehead atoms. The summed E-state index contributed by atoms with van der Waals surface area (Å²) in [6.45, 7) is 2.34. The first-order chi connectivity index (χ1) is 7.16. The molecule has 0 aliphatic heterocycles. The fraction of sp³-hybridized carbons (Fsp3) is 0.917. The molecule has 3 nitrogen and oxygen atoms in total. The van der Waals surface area contributed by atoms with Gasteiger partial charge in [0.15, 0.2) is 5.96 Å². The molecule has 3 heteroatoms. The Bertz CT molecular complexity index is 245. The third-order valence-corrected chi connectivity index (χ3v) is 3.68. The molecule has 2 rings (SSSR count). The molecule has 2 N–H and O–H groups in total. The summed E-state index contributed by atoms with van der Waals surface area (Å²) in [5, 5.41) is 0. The molecule has 0 aromatic carbocycles. The third kappa shape index (κ3) is 2.86. The van der Waals surface area contributed by atoms with Crippen LogP contribution in [0.5, 0.6) is 0 Å². The molecule has 15 heavy (non-hydrogen) atoms. The standard InChI is InChI=1S/C12H23N3/c1-9-4-3-5-11(8-9)15(2)12(13)14-10-6-7-10/h9-11H,3-8H2,1-2H3,(H2,13,14). The molecule has 0 radical (unpaired) electrons. The van der Waals surface area contributed by atoms with E-state index in [2.05, 4.69) is 23.9 Å². The Morgan fingerprint density at radius 1 is 1.27 bits per heavy atom. The van der Waals surface area contributed by atoms with Crippen LogP contribution in [0.1, 0.15) is 45.4 Å². The first-order valence-electron chi connectivity index (χ1n) is 6.23. The summed E-state index contributed by atoms with van der Waals surface area (Å²) in [7, 11) is 2.10. The van der Waals surface area contributed by atoms with Gasteiger partial charge in [-0.3, -0.25) is 0 Å². The Balaban J connectivity index is 1.90. The van der Waals surface area contributed by atoms with Crippen LogP contribution in [0.3, 0.4) is 0 Å². The molecule has 0 amide bonds. The Kier molecular flexibility index (Phi) is 3.17. The summed E-state index contributed by atoms with van der Waals surface area (Å²) >= 11 is 0. The summed E-state index contributed by atoms with van der Waals surface area (Å²) in [5.74, 6) is 1.61. The van der Waals surface area contributed by atoms with E-state index < -0.39 is 0 Å². The van der Waals surface area contributed by atoms with Crippen molar-refractivity contribution in [1.82, 2.24) is 4.90 Å². The lowest BCUT2D eigenvalue weighted by atomic mass is 9.86. The van der Waals surface area contributed by atoms with E-state index in [9.17, 15) is 0 Å². The number of hydrogen-bond acceptors (Lipinski definition) is 1. The molecule has 2 fully saturated rings. The van der Waals surface area contributed by atoms with Crippen LogP contribution in [0.15, 0.2) is 4.99 Å². The molecule has 2 atom stereocenters. The fourth-order valence-electron chi connectivity index (χ4n) is 2.42. The van der Waals surface area contributed by atoms with Gasteiger partial charge >= 0.3 is 0 Å². The van der Waals surface area contributed by atoms with E-state index in [1.165, 1.54) is 38.5 Å². The van der Waals surface area contributed by atoms with Crippen LogP contribution in [-0.2, 0) is 0 Å². The molecule has 2 unspecified atom stereocenters. The highest BCUT2D eigenvalue weighted by Crippen LogP contribution is 2.27. The van der Waals surface area contributed by atoms with Gasteiger partial charge < -0.3 is 10.6 Å². The lowest BCUT2D eigenvalue weighted by molar-refractivity contribution is 0.230. The number of aliphatic imine (C=N–C) groups is 1. The van der Waals surface area contributed by atoms with Crippen LogP contribution >= 0.6 is 0 Å². The molecule has 2 aliphatic carbocycles. The van der Waals surface area contributed by atoms with Gasteiger partial charge in [0.05, 0.1) is 6.04 Å². The minimum Gasteiger partial charge on any atom is -0.370 e. The van der Waals surface area contributed by atoms with Crippen molar-refractivity contribution in [1.29, 1.82) is 0 Å². The van der Waals surface area contributed by atoms with Gasteiger partial charge in [0.25, 0.3) is 0 Å². The zero-order valence-electron chi connectivity index (χ0n) is 9.95. The minimum absolute atomic E-state index is 0.536. The number of guanidine groups is 1. The van der Waals surface area contributed by atoms with E-state index in [0.29, 0.717) is 12.1 Å². The average Bonchev–Trinajstić information content (AvgIpc) is 3.00. The van der Waals surface area contributed by atoms with Gasteiger partial charge in [-0.1, -0.05) is 19.8 Å². The summed E-state index contributed by atoms with van der Waals surface area (Å²) in [6.07, 6.45) is 7.74. The zero-order valence-corrected chi connectivity index (χ0v) is 9.95. The van der Waals surface area contributed by atoms with Crippen molar-refractivity contribution in [3.8, 4) is 0 Å². The Labute approximate surface area is 92.7 Å². The first-order valence-corrected chi connectivity index (χ1v) is 6.23. The smallest absolute Gasteiger partial charge is 0.191 e. The van der Waals surface area contributed by atoms with Gasteiger partial charge in [0, 0.05) is 13.1 Å². The monoisotopic (exact) mass is 209 g/mol. The maximum atomic E-state index is 6.01. The molecule has 0 spiro atoms. The van der Waals surface area contributed by atoms with Gasteiger partial charge in [0.2, 0.25) is 0 Å². The average molecular weight is 209 g/mol. The minimum atomic E-state index is 0.536. The summed E-state index contributed by atoms with van der Waals surface area (Å²) in [4.78, 5) is 6.71. The van der Waals surface area contributed by atoms with Crippen molar-refractivity contribution in [2.24, 2.45) is 16.6 Å². The Morgan fingerprint density at radius 2 is 2.00 bits per heavy atom. The van der Waals surface area contributed by atoms with E-state index >= 15 is 0 Å². The van der Waals surface area contributed by atoms with E-state index in [-0.39, 0.29) is 0 Å². The largest absolute Gasteiger partial charge is 0.370 e.